The molecular weight excluding hydrogens is 216 g/mol. The number of aromatic nitrogens is 3. The summed E-state index contributed by atoms with van der Waals surface area (Å²) in [5.41, 5.74) is 0.801. The van der Waals surface area contributed by atoms with Crippen LogP contribution in [0.2, 0.25) is 0 Å². The van der Waals surface area contributed by atoms with Crippen LogP contribution in [0.3, 0.4) is 0 Å². The van der Waals surface area contributed by atoms with Crippen molar-refractivity contribution in [2.24, 2.45) is 0 Å². The highest BCUT2D eigenvalue weighted by atomic mass is 16.5. The third-order valence-electron chi connectivity index (χ3n) is 3.31. The Balaban J connectivity index is 2.05. The molecule has 0 aliphatic carbocycles. The molecule has 0 saturated carbocycles. The SMILES string of the molecule is COc1cccn2c(C3CCCNC3)nnc12. The third-order valence-corrected chi connectivity index (χ3v) is 3.31. The van der Waals surface area contributed by atoms with Gasteiger partial charge in [-0.1, -0.05) is 0 Å². The van der Waals surface area contributed by atoms with Gasteiger partial charge in [-0.3, -0.25) is 4.40 Å². The predicted octanol–water partition coefficient (Wildman–Crippen LogP) is 1.20. The van der Waals surface area contributed by atoms with E-state index in [9.17, 15) is 0 Å². The first-order chi connectivity index (χ1) is 8.40. The quantitative estimate of drug-likeness (QED) is 0.845. The number of pyridine rings is 1. The Labute approximate surface area is 99.8 Å². The lowest BCUT2D eigenvalue weighted by Gasteiger charge is -2.21. The molecule has 90 valence electrons. The van der Waals surface area contributed by atoms with Gasteiger partial charge in [0.15, 0.2) is 5.75 Å². The molecular formula is C12H16N4O. The summed E-state index contributed by atoms with van der Waals surface area (Å²) in [6, 6.07) is 3.88. The zero-order valence-electron chi connectivity index (χ0n) is 9.89. The van der Waals surface area contributed by atoms with Crippen LogP contribution in [-0.2, 0) is 0 Å². The average Bonchev–Trinajstić information content (AvgIpc) is 2.83. The van der Waals surface area contributed by atoms with E-state index in [4.69, 9.17) is 4.74 Å². The Kier molecular flexibility index (Phi) is 2.68. The molecule has 2 aromatic heterocycles. The minimum absolute atomic E-state index is 0.450. The second-order valence-electron chi connectivity index (χ2n) is 4.37. The zero-order valence-corrected chi connectivity index (χ0v) is 9.89. The van der Waals surface area contributed by atoms with Crippen LogP contribution in [0.5, 0.6) is 5.75 Å². The lowest BCUT2D eigenvalue weighted by molar-refractivity contribution is 0.416. The number of piperidine rings is 1. The van der Waals surface area contributed by atoms with Crippen molar-refractivity contribution in [3.8, 4) is 5.75 Å². The molecule has 5 heteroatoms. The lowest BCUT2D eigenvalue weighted by Crippen LogP contribution is -2.29. The number of hydrogen-bond acceptors (Lipinski definition) is 4. The summed E-state index contributed by atoms with van der Waals surface area (Å²) in [6.45, 7) is 2.09. The van der Waals surface area contributed by atoms with E-state index in [0.717, 1.165) is 30.3 Å². The van der Waals surface area contributed by atoms with Crippen LogP contribution in [0.25, 0.3) is 5.65 Å². The summed E-state index contributed by atoms with van der Waals surface area (Å²) in [5.74, 6) is 2.26. The van der Waals surface area contributed by atoms with E-state index in [1.807, 2.05) is 22.7 Å². The molecule has 2 aromatic rings. The molecule has 0 radical (unpaired) electrons. The number of nitrogens with zero attached hydrogens (tertiary/aromatic N) is 3. The molecule has 1 unspecified atom stereocenters. The van der Waals surface area contributed by atoms with Crippen LogP contribution in [-0.4, -0.2) is 34.8 Å². The second-order valence-corrected chi connectivity index (χ2v) is 4.37. The molecule has 1 N–H and O–H groups in total. The number of nitrogens with one attached hydrogen (secondary N) is 1. The van der Waals surface area contributed by atoms with Crippen LogP contribution >= 0.6 is 0 Å². The van der Waals surface area contributed by atoms with Crippen LogP contribution in [0.4, 0.5) is 0 Å². The normalized spacial score (nSPS) is 20.6. The molecule has 1 saturated heterocycles. The first kappa shape index (κ1) is 10.5. The Hall–Kier alpha value is -1.62. The highest BCUT2D eigenvalue weighted by Crippen LogP contribution is 2.25. The monoisotopic (exact) mass is 232 g/mol. The summed E-state index contributed by atoms with van der Waals surface area (Å²) in [7, 11) is 1.66. The van der Waals surface area contributed by atoms with Gasteiger partial charge in [0, 0.05) is 18.7 Å². The third kappa shape index (κ3) is 1.76. The fourth-order valence-electron chi connectivity index (χ4n) is 2.42. The van der Waals surface area contributed by atoms with Crippen molar-refractivity contribution in [1.82, 2.24) is 19.9 Å². The van der Waals surface area contributed by atoms with Gasteiger partial charge in [-0.05, 0) is 31.5 Å². The van der Waals surface area contributed by atoms with Crippen LogP contribution in [0.1, 0.15) is 24.6 Å². The minimum Gasteiger partial charge on any atom is -0.493 e. The molecule has 17 heavy (non-hydrogen) atoms. The largest absolute Gasteiger partial charge is 0.493 e. The van der Waals surface area contributed by atoms with Gasteiger partial charge in [-0.2, -0.15) is 0 Å². The number of rotatable bonds is 2. The van der Waals surface area contributed by atoms with E-state index >= 15 is 0 Å². The Bertz CT molecular complexity index is 516. The maximum absolute atomic E-state index is 5.29. The molecule has 0 aromatic carbocycles. The van der Waals surface area contributed by atoms with Crippen molar-refractivity contribution in [1.29, 1.82) is 0 Å². The fourth-order valence-corrected chi connectivity index (χ4v) is 2.42. The van der Waals surface area contributed by atoms with Crippen molar-refractivity contribution in [3.63, 3.8) is 0 Å². The highest BCUT2D eigenvalue weighted by Gasteiger charge is 2.21. The predicted molar refractivity (Wildman–Crippen MR) is 64.4 cm³/mol. The summed E-state index contributed by atoms with van der Waals surface area (Å²) < 4.78 is 7.33. The Morgan fingerprint density at radius 2 is 2.41 bits per heavy atom. The minimum atomic E-state index is 0.450. The van der Waals surface area contributed by atoms with Gasteiger partial charge in [0.1, 0.15) is 5.82 Å². The maximum atomic E-state index is 5.29. The van der Waals surface area contributed by atoms with E-state index in [1.54, 1.807) is 7.11 Å². The Morgan fingerprint density at radius 3 is 3.18 bits per heavy atom. The standard InChI is InChI=1S/C12H16N4O/c1-17-10-5-3-7-16-11(14-15-12(10)16)9-4-2-6-13-8-9/h3,5,7,9,13H,2,4,6,8H2,1H3. The number of hydrogen-bond donors (Lipinski definition) is 1. The van der Waals surface area contributed by atoms with Gasteiger partial charge in [0.05, 0.1) is 7.11 Å². The average molecular weight is 232 g/mol. The van der Waals surface area contributed by atoms with Crippen molar-refractivity contribution in [3.05, 3.63) is 24.2 Å². The molecule has 3 rings (SSSR count). The molecule has 1 fully saturated rings. The van der Waals surface area contributed by atoms with Gasteiger partial charge in [-0.15, -0.1) is 10.2 Å². The molecule has 1 atom stereocenters. The van der Waals surface area contributed by atoms with Crippen molar-refractivity contribution in [2.75, 3.05) is 20.2 Å². The molecule has 0 spiro atoms. The molecule has 1 aliphatic rings. The summed E-state index contributed by atoms with van der Waals surface area (Å²) >= 11 is 0. The zero-order chi connectivity index (χ0) is 11.7. The summed E-state index contributed by atoms with van der Waals surface area (Å²) in [5, 5.41) is 11.9. The van der Waals surface area contributed by atoms with Crippen molar-refractivity contribution >= 4 is 5.65 Å². The first-order valence-electron chi connectivity index (χ1n) is 5.98. The second kappa shape index (κ2) is 4.33. The van der Waals surface area contributed by atoms with E-state index < -0.39 is 0 Å². The molecule has 1 aliphatic heterocycles. The molecule has 5 nitrogen and oxygen atoms in total. The van der Waals surface area contributed by atoms with Gasteiger partial charge < -0.3 is 10.1 Å². The van der Waals surface area contributed by atoms with E-state index in [1.165, 1.54) is 12.8 Å². The number of fused-ring (bicyclic) bond motifs is 1. The smallest absolute Gasteiger partial charge is 0.203 e. The van der Waals surface area contributed by atoms with Gasteiger partial charge >= 0.3 is 0 Å². The maximum Gasteiger partial charge on any atom is 0.203 e. The van der Waals surface area contributed by atoms with Crippen molar-refractivity contribution < 1.29 is 4.74 Å². The van der Waals surface area contributed by atoms with Gasteiger partial charge in [-0.25, -0.2) is 0 Å². The molecule has 0 amide bonds. The number of ether oxygens (including phenoxy) is 1. The van der Waals surface area contributed by atoms with Crippen molar-refractivity contribution in [2.45, 2.75) is 18.8 Å². The van der Waals surface area contributed by atoms with Gasteiger partial charge in [0.25, 0.3) is 0 Å². The topological polar surface area (TPSA) is 51.5 Å². The van der Waals surface area contributed by atoms with Crippen LogP contribution < -0.4 is 10.1 Å². The summed E-state index contributed by atoms with van der Waals surface area (Å²) in [6.07, 6.45) is 4.37. The molecule has 3 heterocycles. The summed E-state index contributed by atoms with van der Waals surface area (Å²) in [4.78, 5) is 0. The molecule has 0 bridgehead atoms. The van der Waals surface area contributed by atoms with E-state index in [-0.39, 0.29) is 0 Å². The Morgan fingerprint density at radius 1 is 1.47 bits per heavy atom. The van der Waals surface area contributed by atoms with E-state index in [0.29, 0.717) is 5.92 Å². The highest BCUT2D eigenvalue weighted by molar-refractivity contribution is 5.53. The fraction of sp³-hybridized carbons (Fsp3) is 0.500. The van der Waals surface area contributed by atoms with E-state index in [2.05, 4.69) is 15.5 Å². The number of methoxy groups -OCH3 is 1. The van der Waals surface area contributed by atoms with Gasteiger partial charge in [0.2, 0.25) is 5.65 Å². The van der Waals surface area contributed by atoms with Crippen LogP contribution in [0, 0.1) is 0 Å². The first-order valence-corrected chi connectivity index (χ1v) is 5.98. The lowest BCUT2D eigenvalue weighted by atomic mass is 9.99. The van der Waals surface area contributed by atoms with Crippen LogP contribution in [0.15, 0.2) is 18.3 Å².